The highest BCUT2D eigenvalue weighted by atomic mass is 32.2. The number of benzene rings is 1. The molecule has 4 heterocycles. The van der Waals surface area contributed by atoms with Crippen molar-refractivity contribution < 1.29 is 9.21 Å². The molecule has 0 aliphatic carbocycles. The summed E-state index contributed by atoms with van der Waals surface area (Å²) in [7, 11) is 0. The molecule has 5 aromatic rings. The fourth-order valence-corrected chi connectivity index (χ4v) is 5.10. The average molecular weight is 467 g/mol. The summed E-state index contributed by atoms with van der Waals surface area (Å²) >= 11 is 4.21. The Hall–Kier alpha value is -3.28. The molecule has 11 heteroatoms. The quantitative estimate of drug-likeness (QED) is 0.343. The Morgan fingerprint density at radius 2 is 1.94 bits per heavy atom. The minimum absolute atomic E-state index is 0.150. The number of para-hydroxylation sites is 1. The lowest BCUT2D eigenvalue weighted by molar-refractivity contribution is -0.113. The summed E-state index contributed by atoms with van der Waals surface area (Å²) in [5.41, 5.74) is 0.881. The van der Waals surface area contributed by atoms with Crippen LogP contribution in [-0.4, -0.2) is 36.6 Å². The van der Waals surface area contributed by atoms with E-state index >= 15 is 0 Å². The smallest absolute Gasteiger partial charge is 0.236 e. The topological polar surface area (TPSA) is 98.7 Å². The molecule has 1 aromatic carbocycles. The first-order chi connectivity index (χ1) is 15.3. The third-order valence-corrected chi connectivity index (χ3v) is 6.93. The highest BCUT2D eigenvalue weighted by molar-refractivity contribution is 7.99. The van der Waals surface area contributed by atoms with Crippen LogP contribution in [0.15, 0.2) is 75.8 Å². The number of amides is 1. The molecule has 0 aliphatic rings. The summed E-state index contributed by atoms with van der Waals surface area (Å²) in [6, 6.07) is 17.3. The number of aromatic nitrogens is 5. The number of nitrogens with zero attached hydrogens (tertiary/aromatic N) is 5. The lowest BCUT2D eigenvalue weighted by atomic mass is 10.3. The number of carbonyl (C=O) groups is 1. The SMILES string of the molecule is O=C(CSc1nnc(-c2ccco2)n1-c1ccccc1)Nc1nnc(-c2cccs2)s1. The Kier molecular flexibility index (Phi) is 5.61. The van der Waals surface area contributed by atoms with Gasteiger partial charge in [0.2, 0.25) is 16.9 Å². The third-order valence-electron chi connectivity index (χ3n) is 4.12. The van der Waals surface area contributed by atoms with Gasteiger partial charge in [0.15, 0.2) is 15.9 Å². The molecule has 4 aromatic heterocycles. The van der Waals surface area contributed by atoms with E-state index in [1.165, 1.54) is 23.1 Å². The van der Waals surface area contributed by atoms with E-state index in [2.05, 4.69) is 25.7 Å². The van der Waals surface area contributed by atoms with Crippen molar-refractivity contribution in [1.82, 2.24) is 25.0 Å². The molecule has 0 bridgehead atoms. The molecule has 0 radical (unpaired) electrons. The van der Waals surface area contributed by atoms with Crippen molar-refractivity contribution in [3.8, 4) is 27.2 Å². The number of hydrogen-bond acceptors (Lipinski definition) is 9. The lowest BCUT2D eigenvalue weighted by Crippen LogP contribution is -2.14. The van der Waals surface area contributed by atoms with Gasteiger partial charge in [0.1, 0.15) is 0 Å². The van der Waals surface area contributed by atoms with Crippen LogP contribution < -0.4 is 5.32 Å². The molecule has 0 saturated heterocycles. The maximum Gasteiger partial charge on any atom is 0.236 e. The molecule has 0 fully saturated rings. The number of carbonyl (C=O) groups excluding carboxylic acids is 1. The third kappa shape index (κ3) is 4.29. The number of nitrogens with one attached hydrogen (secondary N) is 1. The average Bonchev–Trinajstić information content (AvgIpc) is 3.59. The van der Waals surface area contributed by atoms with E-state index < -0.39 is 0 Å². The van der Waals surface area contributed by atoms with Crippen molar-refractivity contribution in [1.29, 1.82) is 0 Å². The van der Waals surface area contributed by atoms with Crippen molar-refractivity contribution >= 4 is 45.5 Å². The van der Waals surface area contributed by atoms with E-state index in [0.717, 1.165) is 15.6 Å². The number of hydrogen-bond donors (Lipinski definition) is 1. The van der Waals surface area contributed by atoms with Crippen LogP contribution in [-0.2, 0) is 4.79 Å². The van der Waals surface area contributed by atoms with Crippen molar-refractivity contribution in [3.63, 3.8) is 0 Å². The van der Waals surface area contributed by atoms with Gasteiger partial charge in [0.05, 0.1) is 16.9 Å². The van der Waals surface area contributed by atoms with Gasteiger partial charge in [0, 0.05) is 5.69 Å². The first-order valence-electron chi connectivity index (χ1n) is 9.12. The second-order valence-electron chi connectivity index (χ2n) is 6.18. The van der Waals surface area contributed by atoms with Gasteiger partial charge >= 0.3 is 0 Å². The molecule has 5 rings (SSSR count). The molecule has 0 unspecified atom stereocenters. The maximum absolute atomic E-state index is 12.5. The van der Waals surface area contributed by atoms with Gasteiger partial charge in [-0.15, -0.1) is 31.7 Å². The lowest BCUT2D eigenvalue weighted by Gasteiger charge is -2.08. The zero-order valence-electron chi connectivity index (χ0n) is 15.8. The number of furan rings is 1. The Labute approximate surface area is 189 Å². The number of rotatable bonds is 7. The summed E-state index contributed by atoms with van der Waals surface area (Å²) in [6.07, 6.45) is 1.59. The number of anilines is 1. The van der Waals surface area contributed by atoms with Crippen LogP contribution >= 0.6 is 34.4 Å². The van der Waals surface area contributed by atoms with Crippen molar-refractivity contribution in [3.05, 3.63) is 66.2 Å². The molecular formula is C20H14N6O2S3. The highest BCUT2D eigenvalue weighted by Crippen LogP contribution is 2.31. The molecule has 0 spiro atoms. The molecule has 1 amide bonds. The minimum atomic E-state index is -0.193. The maximum atomic E-state index is 12.5. The molecule has 154 valence electrons. The van der Waals surface area contributed by atoms with E-state index in [1.807, 2.05) is 58.5 Å². The first kappa shape index (κ1) is 19.7. The highest BCUT2D eigenvalue weighted by Gasteiger charge is 2.19. The second-order valence-corrected chi connectivity index (χ2v) is 9.05. The van der Waals surface area contributed by atoms with Gasteiger partial charge in [-0.25, -0.2) is 0 Å². The Balaban J connectivity index is 1.32. The molecule has 0 aliphatic heterocycles. The predicted molar refractivity (Wildman–Crippen MR) is 122 cm³/mol. The number of thioether (sulfide) groups is 1. The van der Waals surface area contributed by atoms with E-state index in [9.17, 15) is 4.79 Å². The van der Waals surface area contributed by atoms with Gasteiger partial charge in [0.25, 0.3) is 0 Å². The first-order valence-corrected chi connectivity index (χ1v) is 11.8. The predicted octanol–water partition coefficient (Wildman–Crippen LogP) is 4.84. The van der Waals surface area contributed by atoms with E-state index in [4.69, 9.17) is 4.42 Å². The van der Waals surface area contributed by atoms with Crippen LogP contribution in [0.2, 0.25) is 0 Å². The van der Waals surface area contributed by atoms with Gasteiger partial charge < -0.3 is 4.42 Å². The minimum Gasteiger partial charge on any atom is -0.461 e. The van der Waals surface area contributed by atoms with Gasteiger partial charge in [-0.1, -0.05) is 47.4 Å². The van der Waals surface area contributed by atoms with Gasteiger partial charge in [-0.2, -0.15) is 0 Å². The van der Waals surface area contributed by atoms with Crippen LogP contribution in [0, 0.1) is 0 Å². The normalized spacial score (nSPS) is 11.0. The monoisotopic (exact) mass is 466 g/mol. The molecule has 0 saturated carbocycles. The summed E-state index contributed by atoms with van der Waals surface area (Å²) in [5, 5.41) is 23.4. The van der Waals surface area contributed by atoms with Gasteiger partial charge in [-0.3, -0.25) is 14.7 Å². The second kappa shape index (κ2) is 8.84. The van der Waals surface area contributed by atoms with E-state index in [1.54, 1.807) is 23.7 Å². The summed E-state index contributed by atoms with van der Waals surface area (Å²) in [5.74, 6) is 1.13. The van der Waals surface area contributed by atoms with E-state index in [-0.39, 0.29) is 11.7 Å². The molecule has 1 N–H and O–H groups in total. The molecule has 8 nitrogen and oxygen atoms in total. The van der Waals surface area contributed by atoms with Crippen LogP contribution in [0.5, 0.6) is 0 Å². The Morgan fingerprint density at radius 3 is 2.71 bits per heavy atom. The zero-order chi connectivity index (χ0) is 21.0. The fourth-order valence-electron chi connectivity index (χ4n) is 2.80. The number of thiophene rings is 1. The Bertz CT molecular complexity index is 1280. The van der Waals surface area contributed by atoms with Crippen LogP contribution in [0.25, 0.3) is 27.2 Å². The Morgan fingerprint density at radius 1 is 1.03 bits per heavy atom. The fraction of sp³-hybridized carbons (Fsp3) is 0.0500. The van der Waals surface area contributed by atoms with Crippen molar-refractivity contribution in [2.75, 3.05) is 11.1 Å². The summed E-state index contributed by atoms with van der Waals surface area (Å²) < 4.78 is 7.38. The van der Waals surface area contributed by atoms with Gasteiger partial charge in [-0.05, 0) is 35.7 Å². The molecular weight excluding hydrogens is 452 g/mol. The van der Waals surface area contributed by atoms with Crippen LogP contribution in [0.1, 0.15) is 0 Å². The molecule has 31 heavy (non-hydrogen) atoms. The van der Waals surface area contributed by atoms with Crippen molar-refractivity contribution in [2.24, 2.45) is 0 Å². The summed E-state index contributed by atoms with van der Waals surface area (Å²) in [6.45, 7) is 0. The summed E-state index contributed by atoms with van der Waals surface area (Å²) in [4.78, 5) is 13.5. The standard InChI is InChI=1S/C20H14N6O2S3/c27-16(21-19-24-23-18(31-19)15-9-5-11-29-15)12-30-20-25-22-17(14-8-4-10-28-14)26(20)13-6-2-1-3-7-13/h1-11H,12H2,(H,21,24,27). The van der Waals surface area contributed by atoms with Crippen molar-refractivity contribution in [2.45, 2.75) is 5.16 Å². The molecule has 0 atom stereocenters. The largest absolute Gasteiger partial charge is 0.461 e. The van der Waals surface area contributed by atoms with Crippen LogP contribution in [0.4, 0.5) is 5.13 Å². The van der Waals surface area contributed by atoms with Crippen LogP contribution in [0.3, 0.4) is 0 Å². The zero-order valence-corrected chi connectivity index (χ0v) is 18.3. The van der Waals surface area contributed by atoms with E-state index in [0.29, 0.717) is 21.9 Å².